The number of aliphatic carboxylic acids is 1. The SMILES string of the molecule is O=C(O)c1ccc(/C=C/c2cc3c4cc2OCCOCCOCCOCCOc2ccc(cc2)OCC(C(=O)O)(COCCOCCOCCO3)c2ccc(cc2)/C=C/4)cc1. The first kappa shape index (κ1) is 44.8. The third-order valence-electron chi connectivity index (χ3n) is 9.70. The first-order valence-corrected chi connectivity index (χ1v) is 20.2. The summed E-state index contributed by atoms with van der Waals surface area (Å²) in [6.45, 7) is 4.06. The molecule has 0 fully saturated rings. The summed E-state index contributed by atoms with van der Waals surface area (Å²) in [6, 6.07) is 24.6. The summed E-state index contributed by atoms with van der Waals surface area (Å²) in [7, 11) is 0. The largest absolute Gasteiger partial charge is 0.492 e. The van der Waals surface area contributed by atoms with E-state index in [2.05, 4.69) is 0 Å². The van der Waals surface area contributed by atoms with Crippen molar-refractivity contribution in [3.05, 3.63) is 118 Å². The Morgan fingerprint density at radius 1 is 0.492 bits per heavy atom. The lowest BCUT2D eigenvalue weighted by Crippen LogP contribution is -2.46. The molecule has 4 aromatic carbocycles. The number of hydrogen-bond donors (Lipinski definition) is 2. The van der Waals surface area contributed by atoms with Crippen molar-refractivity contribution < 1.29 is 67.2 Å². The van der Waals surface area contributed by atoms with E-state index in [1.807, 2.05) is 48.6 Å². The molecule has 4 heterocycles. The fourth-order valence-electron chi connectivity index (χ4n) is 6.29. The maximum absolute atomic E-state index is 13.2. The lowest BCUT2D eigenvalue weighted by Gasteiger charge is -2.30. The molecule has 0 amide bonds. The van der Waals surface area contributed by atoms with Crippen LogP contribution in [0, 0.1) is 0 Å². The van der Waals surface area contributed by atoms with Crippen LogP contribution >= 0.6 is 0 Å². The van der Waals surface area contributed by atoms with Crippen molar-refractivity contribution in [1.29, 1.82) is 0 Å². The minimum atomic E-state index is -1.55. The molecule has 61 heavy (non-hydrogen) atoms. The molecular formula is C47H52O14. The molecule has 4 aliphatic rings. The van der Waals surface area contributed by atoms with Crippen LogP contribution in [0.15, 0.2) is 84.9 Å². The quantitative estimate of drug-likeness (QED) is 0.171. The van der Waals surface area contributed by atoms with E-state index in [1.165, 1.54) is 0 Å². The van der Waals surface area contributed by atoms with E-state index in [-0.39, 0.29) is 45.2 Å². The number of carboxylic acid groups (broad SMARTS) is 2. The van der Waals surface area contributed by atoms with E-state index < -0.39 is 17.4 Å². The summed E-state index contributed by atoms with van der Waals surface area (Å²) in [6.07, 6.45) is 7.56. The van der Waals surface area contributed by atoms with Crippen molar-refractivity contribution in [2.75, 3.05) is 106 Å². The monoisotopic (exact) mass is 840 g/mol. The van der Waals surface area contributed by atoms with Crippen molar-refractivity contribution in [3.63, 3.8) is 0 Å². The molecule has 4 aliphatic heterocycles. The fraction of sp³-hybridized carbons (Fsp3) is 0.362. The van der Waals surface area contributed by atoms with Crippen LogP contribution in [0.2, 0.25) is 0 Å². The van der Waals surface area contributed by atoms with Crippen molar-refractivity contribution in [2.24, 2.45) is 0 Å². The van der Waals surface area contributed by atoms with E-state index in [0.29, 0.717) is 94.6 Å². The molecule has 1 unspecified atom stereocenters. The number of fused-ring (bicyclic) bond motifs is 26. The van der Waals surface area contributed by atoms with Gasteiger partial charge in [-0.15, -0.1) is 0 Å². The summed E-state index contributed by atoms with van der Waals surface area (Å²) >= 11 is 0. The van der Waals surface area contributed by atoms with Crippen LogP contribution in [0.1, 0.15) is 38.2 Å². The molecule has 8 rings (SSSR count). The zero-order valence-corrected chi connectivity index (χ0v) is 34.0. The maximum Gasteiger partial charge on any atom is 0.335 e. The number of hydrogen-bond acceptors (Lipinski definition) is 12. The Morgan fingerprint density at radius 3 is 1.59 bits per heavy atom. The van der Waals surface area contributed by atoms with Crippen LogP contribution in [0.3, 0.4) is 0 Å². The standard InChI is InChI=1S/C47H52O14/c48-45(49)37-7-1-35(2-8-37)3-9-38-31-44-39-10-4-36-5-11-40(12-6-36)47(46(50)51,33-57-24-23-53-19-22-56-27-30-60-44)34-61-42-15-13-41(14-16-42)58-28-25-54-20-17-52-18-21-55-26-29-59-43(38)32-39/h1-16,31-32H,17-30,33-34H2,(H,48,49)(H,50,51)/b9-3+,10-4+. The zero-order valence-electron chi connectivity index (χ0n) is 34.0. The number of carboxylic acids is 2. The average Bonchev–Trinajstić information content (AvgIpc) is 3.27. The highest BCUT2D eigenvalue weighted by atomic mass is 16.6. The number of rotatable bonds is 4. The number of benzene rings is 4. The normalized spacial score (nSPS) is 19.9. The summed E-state index contributed by atoms with van der Waals surface area (Å²) < 4.78 is 59.0. The van der Waals surface area contributed by atoms with Gasteiger partial charge in [0.15, 0.2) is 0 Å². The summed E-state index contributed by atoms with van der Waals surface area (Å²) in [5, 5.41) is 20.1. The molecule has 14 heteroatoms. The molecule has 7 bridgehead atoms. The van der Waals surface area contributed by atoms with E-state index in [4.69, 9.17) is 47.4 Å². The van der Waals surface area contributed by atoms with Gasteiger partial charge in [0.25, 0.3) is 0 Å². The fourth-order valence-corrected chi connectivity index (χ4v) is 6.29. The van der Waals surface area contributed by atoms with Crippen LogP contribution in [0.25, 0.3) is 24.3 Å². The van der Waals surface area contributed by atoms with Gasteiger partial charge in [0.05, 0.1) is 84.8 Å². The van der Waals surface area contributed by atoms with Gasteiger partial charge in [-0.2, -0.15) is 0 Å². The Labute approximate surface area is 355 Å². The van der Waals surface area contributed by atoms with Crippen molar-refractivity contribution in [2.45, 2.75) is 5.41 Å². The predicted molar refractivity (Wildman–Crippen MR) is 227 cm³/mol. The van der Waals surface area contributed by atoms with Gasteiger partial charge in [-0.05, 0) is 65.2 Å². The van der Waals surface area contributed by atoms with Crippen LogP contribution in [0.5, 0.6) is 23.0 Å². The molecule has 0 spiro atoms. The van der Waals surface area contributed by atoms with E-state index in [1.54, 1.807) is 60.7 Å². The Bertz CT molecular complexity index is 2030. The number of ether oxygens (including phenoxy) is 10. The van der Waals surface area contributed by atoms with Crippen LogP contribution in [-0.4, -0.2) is 128 Å². The van der Waals surface area contributed by atoms with Crippen molar-refractivity contribution in [1.82, 2.24) is 0 Å². The van der Waals surface area contributed by atoms with E-state index >= 15 is 0 Å². The molecular weight excluding hydrogens is 789 g/mol. The summed E-state index contributed by atoms with van der Waals surface area (Å²) in [5.41, 5.74) is 2.19. The van der Waals surface area contributed by atoms with Gasteiger partial charge in [0, 0.05) is 11.1 Å². The first-order valence-electron chi connectivity index (χ1n) is 20.2. The highest BCUT2D eigenvalue weighted by Crippen LogP contribution is 2.33. The van der Waals surface area contributed by atoms with Gasteiger partial charge in [-0.25, -0.2) is 4.79 Å². The molecule has 0 saturated carbocycles. The Kier molecular flexibility index (Phi) is 17.5. The molecule has 2 N–H and O–H groups in total. The van der Waals surface area contributed by atoms with Gasteiger partial charge in [-0.1, -0.05) is 60.7 Å². The molecule has 14 nitrogen and oxygen atoms in total. The molecule has 4 aromatic rings. The van der Waals surface area contributed by atoms with Crippen LogP contribution in [-0.2, 0) is 38.6 Å². The Morgan fingerprint density at radius 2 is 1.02 bits per heavy atom. The number of carbonyl (C=O) groups is 2. The molecule has 324 valence electrons. The highest BCUT2D eigenvalue weighted by molar-refractivity contribution is 5.88. The molecule has 0 aromatic heterocycles. The Balaban J connectivity index is 1.33. The lowest BCUT2D eigenvalue weighted by atomic mass is 9.81. The molecule has 0 radical (unpaired) electrons. The Hall–Kier alpha value is -5.74. The van der Waals surface area contributed by atoms with Crippen LogP contribution < -0.4 is 18.9 Å². The maximum atomic E-state index is 13.2. The van der Waals surface area contributed by atoms with Gasteiger partial charge in [-0.3, -0.25) is 4.79 Å². The van der Waals surface area contributed by atoms with E-state index in [9.17, 15) is 19.8 Å². The molecule has 1 atom stereocenters. The second-order valence-electron chi connectivity index (χ2n) is 14.0. The van der Waals surface area contributed by atoms with Gasteiger partial charge < -0.3 is 57.6 Å². The lowest BCUT2D eigenvalue weighted by molar-refractivity contribution is -0.148. The van der Waals surface area contributed by atoms with Gasteiger partial charge in [0.2, 0.25) is 0 Å². The summed E-state index contributed by atoms with van der Waals surface area (Å²) in [4.78, 5) is 24.6. The van der Waals surface area contributed by atoms with Crippen molar-refractivity contribution >= 4 is 36.2 Å². The topological polar surface area (TPSA) is 167 Å². The predicted octanol–water partition coefficient (Wildman–Crippen LogP) is 6.39. The minimum Gasteiger partial charge on any atom is -0.492 e. The zero-order chi connectivity index (χ0) is 42.5. The first-order chi connectivity index (χ1) is 29.9. The molecule has 0 saturated heterocycles. The summed E-state index contributed by atoms with van der Waals surface area (Å²) in [5.74, 6) is 0.130. The van der Waals surface area contributed by atoms with Crippen molar-refractivity contribution in [3.8, 4) is 23.0 Å². The van der Waals surface area contributed by atoms with E-state index in [0.717, 1.165) is 22.3 Å². The molecule has 0 aliphatic carbocycles. The minimum absolute atomic E-state index is 0.160. The average molecular weight is 841 g/mol. The third kappa shape index (κ3) is 13.9. The van der Waals surface area contributed by atoms with Gasteiger partial charge >= 0.3 is 11.9 Å². The highest BCUT2D eigenvalue weighted by Gasteiger charge is 2.42. The number of aromatic carboxylic acids is 1. The van der Waals surface area contributed by atoms with Gasteiger partial charge in [0.1, 0.15) is 54.8 Å². The second-order valence-corrected chi connectivity index (χ2v) is 14.0. The van der Waals surface area contributed by atoms with Crippen LogP contribution in [0.4, 0.5) is 0 Å². The third-order valence-corrected chi connectivity index (χ3v) is 9.70. The second kappa shape index (κ2) is 23.9. The smallest absolute Gasteiger partial charge is 0.335 e.